The van der Waals surface area contributed by atoms with Crippen LogP contribution in [0.5, 0.6) is 0 Å². The Bertz CT molecular complexity index is 343. The topological polar surface area (TPSA) is 55.6 Å². The van der Waals surface area contributed by atoms with Gasteiger partial charge in [0.25, 0.3) is 0 Å². The van der Waals surface area contributed by atoms with Crippen LogP contribution in [0.2, 0.25) is 0 Å². The van der Waals surface area contributed by atoms with Crippen molar-refractivity contribution in [3.05, 3.63) is 0 Å². The molecule has 104 valence electrons. The summed E-state index contributed by atoms with van der Waals surface area (Å²) in [6.45, 7) is 10.7. The van der Waals surface area contributed by atoms with Gasteiger partial charge in [-0.25, -0.2) is 0 Å². The molecule has 1 heterocycles. The molecule has 4 nitrogen and oxygen atoms in total. The highest BCUT2D eigenvalue weighted by Gasteiger charge is 2.63. The maximum Gasteiger partial charge on any atom is 0.243 e. The number of hydrogen-bond acceptors (Lipinski definition) is 3. The predicted octanol–water partition coefficient (Wildman–Crippen LogP) is 1.39. The number of hydrogen-bond donors (Lipinski definition) is 1. The molecule has 2 fully saturated rings. The van der Waals surface area contributed by atoms with Crippen LogP contribution in [0.25, 0.3) is 0 Å². The average molecular weight is 254 g/mol. The zero-order chi connectivity index (χ0) is 13.6. The van der Waals surface area contributed by atoms with Crippen LogP contribution in [0.4, 0.5) is 0 Å². The first-order chi connectivity index (χ1) is 8.33. The molecule has 0 radical (unpaired) electrons. The number of rotatable bonds is 3. The zero-order valence-corrected chi connectivity index (χ0v) is 12.0. The van der Waals surface area contributed by atoms with Gasteiger partial charge < -0.3 is 15.4 Å². The molecule has 0 spiro atoms. The number of likely N-dealkylation sites (tertiary alicyclic amines) is 1. The molecule has 4 heteroatoms. The predicted molar refractivity (Wildman–Crippen MR) is 71.1 cm³/mol. The summed E-state index contributed by atoms with van der Waals surface area (Å²) >= 11 is 0. The van der Waals surface area contributed by atoms with Crippen LogP contribution in [-0.4, -0.2) is 42.1 Å². The van der Waals surface area contributed by atoms with E-state index >= 15 is 0 Å². The van der Waals surface area contributed by atoms with Crippen LogP contribution in [0.3, 0.4) is 0 Å². The number of ether oxygens (including phenoxy) is 1. The van der Waals surface area contributed by atoms with Gasteiger partial charge in [0, 0.05) is 31.5 Å². The van der Waals surface area contributed by atoms with Gasteiger partial charge in [-0.1, -0.05) is 20.8 Å². The minimum absolute atomic E-state index is 0.108. The third kappa shape index (κ3) is 1.86. The third-order valence-electron chi connectivity index (χ3n) is 4.92. The summed E-state index contributed by atoms with van der Waals surface area (Å²) in [4.78, 5) is 14.5. The molecule has 0 aromatic heterocycles. The highest BCUT2D eigenvalue weighted by Crippen LogP contribution is 2.50. The van der Waals surface area contributed by atoms with Crippen LogP contribution in [-0.2, 0) is 9.53 Å². The number of nitrogens with two attached hydrogens (primary N) is 1. The molecule has 0 aromatic rings. The van der Waals surface area contributed by atoms with Crippen LogP contribution < -0.4 is 5.73 Å². The molecule has 2 N–H and O–H groups in total. The van der Waals surface area contributed by atoms with Gasteiger partial charge in [0.15, 0.2) is 0 Å². The Balaban J connectivity index is 2.07. The number of amides is 1. The monoisotopic (exact) mass is 254 g/mol. The molecule has 1 saturated heterocycles. The Kier molecular flexibility index (Phi) is 3.45. The fraction of sp³-hybridized carbons (Fsp3) is 0.929. The summed E-state index contributed by atoms with van der Waals surface area (Å²) in [5.74, 6) is 0.719. The molecule has 1 saturated carbocycles. The Hall–Kier alpha value is -0.610. The molecule has 3 atom stereocenters. The Labute approximate surface area is 110 Å². The summed E-state index contributed by atoms with van der Waals surface area (Å²) in [5.41, 5.74) is 5.39. The molecule has 1 amide bonds. The van der Waals surface area contributed by atoms with Crippen molar-refractivity contribution in [2.45, 2.75) is 52.2 Å². The van der Waals surface area contributed by atoms with E-state index in [4.69, 9.17) is 10.5 Å². The quantitative estimate of drug-likeness (QED) is 0.828. The van der Waals surface area contributed by atoms with E-state index in [1.54, 1.807) is 0 Å². The Morgan fingerprint density at radius 1 is 1.50 bits per heavy atom. The van der Waals surface area contributed by atoms with Crippen molar-refractivity contribution >= 4 is 5.91 Å². The summed E-state index contributed by atoms with van der Waals surface area (Å²) < 4.78 is 5.67. The molecule has 0 aromatic carbocycles. The largest absolute Gasteiger partial charge is 0.378 e. The third-order valence-corrected chi connectivity index (χ3v) is 4.92. The van der Waals surface area contributed by atoms with E-state index in [0.717, 1.165) is 19.5 Å². The Morgan fingerprint density at radius 2 is 2.17 bits per heavy atom. The van der Waals surface area contributed by atoms with Crippen LogP contribution in [0.15, 0.2) is 0 Å². The van der Waals surface area contributed by atoms with Gasteiger partial charge >= 0.3 is 0 Å². The summed E-state index contributed by atoms with van der Waals surface area (Å²) in [6.07, 6.45) is 1.85. The molecule has 2 rings (SSSR count). The SMILES string of the molecule is CCOC1CC(N)(C(=O)N2CCC(C)C2)C1(C)C. The van der Waals surface area contributed by atoms with Gasteiger partial charge in [-0.3, -0.25) is 4.79 Å². The van der Waals surface area contributed by atoms with Crippen molar-refractivity contribution in [1.82, 2.24) is 4.90 Å². The van der Waals surface area contributed by atoms with E-state index in [0.29, 0.717) is 18.9 Å². The average Bonchev–Trinajstić information content (AvgIpc) is 2.74. The highest BCUT2D eigenvalue weighted by molar-refractivity contribution is 5.89. The highest BCUT2D eigenvalue weighted by atomic mass is 16.5. The second kappa shape index (κ2) is 4.49. The van der Waals surface area contributed by atoms with Crippen molar-refractivity contribution < 1.29 is 9.53 Å². The van der Waals surface area contributed by atoms with Crippen LogP contribution >= 0.6 is 0 Å². The summed E-state index contributed by atoms with van der Waals surface area (Å²) in [7, 11) is 0. The first-order valence-corrected chi connectivity index (χ1v) is 7.02. The van der Waals surface area contributed by atoms with Crippen molar-refractivity contribution in [2.24, 2.45) is 17.1 Å². The molecule has 1 aliphatic carbocycles. The second-order valence-corrected chi connectivity index (χ2v) is 6.49. The number of nitrogens with zero attached hydrogens (tertiary/aromatic N) is 1. The van der Waals surface area contributed by atoms with Gasteiger partial charge in [0.05, 0.1) is 6.10 Å². The molecule has 1 aliphatic heterocycles. The minimum Gasteiger partial charge on any atom is -0.378 e. The lowest BCUT2D eigenvalue weighted by molar-refractivity contribution is -0.178. The van der Waals surface area contributed by atoms with Gasteiger partial charge in [-0.05, 0) is 19.3 Å². The van der Waals surface area contributed by atoms with Gasteiger partial charge in [-0.15, -0.1) is 0 Å². The van der Waals surface area contributed by atoms with E-state index in [2.05, 4.69) is 6.92 Å². The zero-order valence-electron chi connectivity index (χ0n) is 12.0. The summed E-state index contributed by atoms with van der Waals surface area (Å²) in [5, 5.41) is 0. The normalized spacial score (nSPS) is 38.6. The maximum absolute atomic E-state index is 12.6. The van der Waals surface area contributed by atoms with E-state index in [1.807, 2.05) is 25.7 Å². The first-order valence-electron chi connectivity index (χ1n) is 7.02. The fourth-order valence-corrected chi connectivity index (χ4v) is 3.20. The lowest BCUT2D eigenvalue weighted by Gasteiger charge is -2.58. The smallest absolute Gasteiger partial charge is 0.243 e. The lowest BCUT2D eigenvalue weighted by atomic mass is 9.54. The van der Waals surface area contributed by atoms with Gasteiger partial charge in [0.2, 0.25) is 5.91 Å². The second-order valence-electron chi connectivity index (χ2n) is 6.49. The van der Waals surface area contributed by atoms with Crippen LogP contribution in [0.1, 0.15) is 40.5 Å². The number of carbonyl (C=O) groups is 1. The Morgan fingerprint density at radius 3 is 2.61 bits per heavy atom. The van der Waals surface area contributed by atoms with E-state index in [9.17, 15) is 4.79 Å². The van der Waals surface area contributed by atoms with E-state index < -0.39 is 5.54 Å². The molecular formula is C14H26N2O2. The standard InChI is InChI=1S/C14H26N2O2/c1-5-18-11-8-14(15,13(11,3)4)12(17)16-7-6-10(2)9-16/h10-11H,5-9,15H2,1-4H3. The van der Waals surface area contributed by atoms with E-state index in [1.165, 1.54) is 0 Å². The molecular weight excluding hydrogens is 228 g/mol. The molecule has 3 unspecified atom stereocenters. The van der Waals surface area contributed by atoms with E-state index in [-0.39, 0.29) is 17.4 Å². The molecule has 18 heavy (non-hydrogen) atoms. The molecule has 0 bridgehead atoms. The van der Waals surface area contributed by atoms with Crippen molar-refractivity contribution in [3.8, 4) is 0 Å². The van der Waals surface area contributed by atoms with Crippen LogP contribution in [0, 0.1) is 11.3 Å². The van der Waals surface area contributed by atoms with Gasteiger partial charge in [-0.2, -0.15) is 0 Å². The van der Waals surface area contributed by atoms with Crippen molar-refractivity contribution in [1.29, 1.82) is 0 Å². The van der Waals surface area contributed by atoms with Crippen molar-refractivity contribution in [3.63, 3.8) is 0 Å². The van der Waals surface area contributed by atoms with Crippen molar-refractivity contribution in [2.75, 3.05) is 19.7 Å². The summed E-state index contributed by atoms with van der Waals surface area (Å²) in [6, 6.07) is 0. The fourth-order valence-electron chi connectivity index (χ4n) is 3.20. The number of carbonyl (C=O) groups excluding carboxylic acids is 1. The maximum atomic E-state index is 12.6. The van der Waals surface area contributed by atoms with Gasteiger partial charge in [0.1, 0.15) is 5.54 Å². The molecule has 2 aliphatic rings. The minimum atomic E-state index is -0.739. The lowest BCUT2D eigenvalue weighted by Crippen LogP contribution is -2.75. The first kappa shape index (κ1) is 13.8.